The van der Waals surface area contributed by atoms with Crippen LogP contribution in [0.25, 0.3) is 17.0 Å². The molecule has 0 saturated carbocycles. The second kappa shape index (κ2) is 7.33. The number of H-pyrrole nitrogens is 1. The number of thiazole rings is 1. The SMILES string of the molecule is Cc1csc(NC(=O)CSc2nnc3[nH]c(=O)cc(-c4ccccc4)n23)n1. The Labute approximate surface area is 161 Å². The van der Waals surface area contributed by atoms with E-state index in [-0.39, 0.29) is 17.2 Å². The Morgan fingerprint density at radius 3 is 2.85 bits per heavy atom. The fourth-order valence-electron chi connectivity index (χ4n) is 2.51. The fraction of sp³-hybridized carbons (Fsp3) is 0.118. The van der Waals surface area contributed by atoms with Gasteiger partial charge < -0.3 is 5.32 Å². The van der Waals surface area contributed by atoms with Crippen LogP contribution in [0.4, 0.5) is 5.13 Å². The molecule has 0 saturated heterocycles. The number of aromatic amines is 1. The highest BCUT2D eigenvalue weighted by molar-refractivity contribution is 7.99. The zero-order valence-electron chi connectivity index (χ0n) is 14.2. The van der Waals surface area contributed by atoms with Gasteiger partial charge in [0, 0.05) is 11.4 Å². The van der Waals surface area contributed by atoms with E-state index in [2.05, 4.69) is 25.5 Å². The summed E-state index contributed by atoms with van der Waals surface area (Å²) in [7, 11) is 0. The number of anilines is 1. The van der Waals surface area contributed by atoms with Crippen molar-refractivity contribution in [2.75, 3.05) is 11.1 Å². The highest BCUT2D eigenvalue weighted by Gasteiger charge is 2.15. The quantitative estimate of drug-likeness (QED) is 0.501. The van der Waals surface area contributed by atoms with Crippen LogP contribution in [-0.4, -0.2) is 36.2 Å². The highest BCUT2D eigenvalue weighted by Crippen LogP contribution is 2.24. The van der Waals surface area contributed by atoms with Crippen molar-refractivity contribution in [3.05, 3.63) is 57.8 Å². The van der Waals surface area contributed by atoms with Gasteiger partial charge in [0.15, 0.2) is 10.3 Å². The molecule has 0 atom stereocenters. The van der Waals surface area contributed by atoms with Crippen molar-refractivity contribution < 1.29 is 4.79 Å². The van der Waals surface area contributed by atoms with Crippen LogP contribution in [0, 0.1) is 6.92 Å². The third-order valence-electron chi connectivity index (χ3n) is 3.64. The fourth-order valence-corrected chi connectivity index (χ4v) is 3.96. The number of aryl methyl sites for hydroxylation is 1. The lowest BCUT2D eigenvalue weighted by atomic mass is 10.1. The molecule has 0 aliphatic rings. The monoisotopic (exact) mass is 398 g/mol. The van der Waals surface area contributed by atoms with E-state index in [1.54, 1.807) is 4.40 Å². The summed E-state index contributed by atoms with van der Waals surface area (Å²) in [5.74, 6) is 0.295. The van der Waals surface area contributed by atoms with Crippen molar-refractivity contribution in [1.29, 1.82) is 0 Å². The summed E-state index contributed by atoms with van der Waals surface area (Å²) in [6, 6.07) is 11.0. The van der Waals surface area contributed by atoms with Crippen LogP contribution < -0.4 is 10.9 Å². The molecule has 4 rings (SSSR count). The lowest BCUT2D eigenvalue weighted by Crippen LogP contribution is -2.14. The van der Waals surface area contributed by atoms with Gasteiger partial charge in [-0.15, -0.1) is 21.5 Å². The summed E-state index contributed by atoms with van der Waals surface area (Å²) >= 11 is 2.62. The Balaban J connectivity index is 1.61. The van der Waals surface area contributed by atoms with Crippen molar-refractivity contribution in [2.24, 2.45) is 0 Å². The molecule has 3 aromatic heterocycles. The first kappa shape index (κ1) is 17.4. The summed E-state index contributed by atoms with van der Waals surface area (Å²) < 4.78 is 1.74. The molecule has 1 amide bonds. The van der Waals surface area contributed by atoms with Gasteiger partial charge >= 0.3 is 0 Å². The summed E-state index contributed by atoms with van der Waals surface area (Å²) in [6.45, 7) is 1.87. The number of rotatable bonds is 5. The first-order chi connectivity index (χ1) is 13.1. The Morgan fingerprint density at radius 1 is 1.30 bits per heavy atom. The number of aromatic nitrogens is 5. The van der Waals surface area contributed by atoms with Crippen LogP contribution in [0.2, 0.25) is 0 Å². The molecule has 3 heterocycles. The average Bonchev–Trinajstić information content (AvgIpc) is 3.26. The lowest BCUT2D eigenvalue weighted by Gasteiger charge is -2.07. The van der Waals surface area contributed by atoms with Crippen molar-refractivity contribution >= 4 is 39.9 Å². The van der Waals surface area contributed by atoms with Crippen LogP contribution in [0.3, 0.4) is 0 Å². The molecule has 0 fully saturated rings. The largest absolute Gasteiger partial charge is 0.301 e. The highest BCUT2D eigenvalue weighted by atomic mass is 32.2. The maximum absolute atomic E-state index is 12.2. The van der Waals surface area contributed by atoms with Gasteiger partial charge in [-0.25, -0.2) is 4.98 Å². The molecule has 2 N–H and O–H groups in total. The van der Waals surface area contributed by atoms with E-state index in [0.717, 1.165) is 11.3 Å². The van der Waals surface area contributed by atoms with Crippen LogP contribution >= 0.6 is 23.1 Å². The van der Waals surface area contributed by atoms with Gasteiger partial charge in [0.25, 0.3) is 5.56 Å². The predicted octanol–water partition coefficient (Wildman–Crippen LogP) is 2.58. The number of nitrogens with zero attached hydrogens (tertiary/aromatic N) is 4. The Bertz CT molecular complexity index is 1170. The summed E-state index contributed by atoms with van der Waals surface area (Å²) in [5.41, 5.74) is 2.13. The zero-order valence-corrected chi connectivity index (χ0v) is 15.8. The second-order valence-corrected chi connectivity index (χ2v) is 7.46. The molecule has 0 bridgehead atoms. The molecule has 8 nitrogen and oxygen atoms in total. The van der Waals surface area contributed by atoms with E-state index in [4.69, 9.17) is 0 Å². The molecule has 27 heavy (non-hydrogen) atoms. The van der Waals surface area contributed by atoms with Crippen molar-refractivity contribution in [3.8, 4) is 11.3 Å². The van der Waals surface area contributed by atoms with Gasteiger partial charge in [0.05, 0.1) is 17.1 Å². The molecule has 136 valence electrons. The second-order valence-electron chi connectivity index (χ2n) is 5.66. The van der Waals surface area contributed by atoms with Crippen LogP contribution in [0.5, 0.6) is 0 Å². The maximum atomic E-state index is 12.2. The van der Waals surface area contributed by atoms with Gasteiger partial charge in [-0.1, -0.05) is 42.1 Å². The van der Waals surface area contributed by atoms with Gasteiger partial charge in [0.2, 0.25) is 11.7 Å². The molecule has 0 radical (unpaired) electrons. The third kappa shape index (κ3) is 3.76. The van der Waals surface area contributed by atoms with Gasteiger partial charge in [-0.3, -0.25) is 19.0 Å². The van der Waals surface area contributed by atoms with Crippen molar-refractivity contribution in [2.45, 2.75) is 12.1 Å². The van der Waals surface area contributed by atoms with E-state index < -0.39 is 0 Å². The van der Waals surface area contributed by atoms with Crippen molar-refractivity contribution in [1.82, 2.24) is 24.6 Å². The average molecular weight is 398 g/mol. The molecular weight excluding hydrogens is 384 g/mol. The van der Waals surface area contributed by atoms with E-state index >= 15 is 0 Å². The number of hydrogen-bond donors (Lipinski definition) is 2. The van der Waals surface area contributed by atoms with Crippen LogP contribution in [0.15, 0.2) is 51.7 Å². The normalized spacial score (nSPS) is 11.0. The van der Waals surface area contributed by atoms with Crippen molar-refractivity contribution in [3.63, 3.8) is 0 Å². The van der Waals surface area contributed by atoms with Crippen LogP contribution in [-0.2, 0) is 4.79 Å². The van der Waals surface area contributed by atoms with E-state index in [1.807, 2.05) is 42.6 Å². The maximum Gasteiger partial charge on any atom is 0.252 e. The minimum absolute atomic E-state index is 0.146. The van der Waals surface area contributed by atoms with E-state index in [9.17, 15) is 9.59 Å². The smallest absolute Gasteiger partial charge is 0.252 e. The number of carbonyl (C=O) groups is 1. The number of hydrogen-bond acceptors (Lipinski definition) is 7. The molecule has 0 aliphatic heterocycles. The molecule has 0 aliphatic carbocycles. The number of nitrogens with one attached hydrogen (secondary N) is 2. The van der Waals surface area contributed by atoms with Crippen LogP contribution in [0.1, 0.15) is 5.69 Å². The molecular formula is C17H14N6O2S2. The van der Waals surface area contributed by atoms with Gasteiger partial charge in [-0.05, 0) is 12.5 Å². The first-order valence-corrected chi connectivity index (χ1v) is 9.85. The van der Waals surface area contributed by atoms with Gasteiger partial charge in [-0.2, -0.15) is 0 Å². The molecule has 10 heteroatoms. The molecule has 0 unspecified atom stereocenters. The first-order valence-electron chi connectivity index (χ1n) is 7.99. The standard InChI is InChI=1S/C17H14N6O2S2/c1-10-8-26-16(18-10)20-14(25)9-27-17-22-21-15-19-13(24)7-12(23(15)17)11-5-3-2-4-6-11/h2-8H,9H2,1H3,(H,18,20,25)(H,19,21,24). The van der Waals surface area contributed by atoms with E-state index in [0.29, 0.717) is 21.8 Å². The van der Waals surface area contributed by atoms with E-state index in [1.165, 1.54) is 29.2 Å². The Morgan fingerprint density at radius 2 is 2.11 bits per heavy atom. The summed E-state index contributed by atoms with van der Waals surface area (Å²) in [5, 5.41) is 13.9. The minimum atomic E-state index is -0.262. The minimum Gasteiger partial charge on any atom is -0.301 e. The lowest BCUT2D eigenvalue weighted by molar-refractivity contribution is -0.113. The molecule has 1 aromatic carbocycles. The molecule has 4 aromatic rings. The summed E-state index contributed by atoms with van der Waals surface area (Å²) in [6.07, 6.45) is 0. The predicted molar refractivity (Wildman–Crippen MR) is 105 cm³/mol. The van der Waals surface area contributed by atoms with Gasteiger partial charge in [0.1, 0.15) is 0 Å². The number of benzene rings is 1. The topological polar surface area (TPSA) is 105 Å². The number of amides is 1. The number of fused-ring (bicyclic) bond motifs is 1. The zero-order chi connectivity index (χ0) is 18.8. The number of thioether (sulfide) groups is 1. The Kier molecular flexibility index (Phi) is 4.73. The third-order valence-corrected chi connectivity index (χ3v) is 5.45. The number of carbonyl (C=O) groups excluding carboxylic acids is 1. The Hall–Kier alpha value is -2.98. The summed E-state index contributed by atoms with van der Waals surface area (Å²) in [4.78, 5) is 31.0. The molecule has 0 spiro atoms.